The number of thioether (sulfide) groups is 1. The molecule has 0 bridgehead atoms. The minimum atomic E-state index is -1.06. The number of halogens is 1. The van der Waals surface area contributed by atoms with Crippen LogP contribution in [0.15, 0.2) is 83.3 Å². The van der Waals surface area contributed by atoms with Gasteiger partial charge in [-0.25, -0.2) is 0 Å². The molecule has 2 saturated heterocycles. The predicted octanol–water partition coefficient (Wildman–Crippen LogP) is 4.50. The lowest BCUT2D eigenvalue weighted by molar-refractivity contribution is -0.124. The number of carbonyl (C=O) groups is 2. The first-order valence-electron chi connectivity index (χ1n) is 12.2. The van der Waals surface area contributed by atoms with E-state index in [9.17, 15) is 9.59 Å². The highest BCUT2D eigenvalue weighted by atomic mass is 79.9. The Morgan fingerprint density at radius 1 is 0.806 bits per heavy atom. The molecule has 6 rings (SSSR count). The van der Waals surface area contributed by atoms with Crippen LogP contribution in [0, 0.1) is 0 Å². The Hall–Kier alpha value is -2.65. The molecule has 184 valence electrons. The Balaban J connectivity index is 1.24. The number of hydrogen-bond donors (Lipinski definition) is 0. The highest BCUT2D eigenvalue weighted by Crippen LogP contribution is 2.55. The first-order chi connectivity index (χ1) is 17.6. The van der Waals surface area contributed by atoms with Crippen LogP contribution < -0.4 is 9.80 Å². The van der Waals surface area contributed by atoms with Crippen LogP contribution in [0.2, 0.25) is 0 Å². The van der Waals surface area contributed by atoms with Gasteiger partial charge in [-0.1, -0.05) is 64.5 Å². The van der Waals surface area contributed by atoms with Crippen LogP contribution in [0.3, 0.4) is 0 Å². The summed E-state index contributed by atoms with van der Waals surface area (Å²) < 4.78 is 0.936. The Kier molecular flexibility index (Phi) is 6.37. The summed E-state index contributed by atoms with van der Waals surface area (Å²) in [5.41, 5.74) is 3.87. The molecular formula is C28H27BrN4O2S. The van der Waals surface area contributed by atoms with Gasteiger partial charge in [0.1, 0.15) is 0 Å². The number of benzene rings is 3. The molecule has 3 heterocycles. The van der Waals surface area contributed by atoms with Gasteiger partial charge in [0, 0.05) is 48.4 Å². The fourth-order valence-corrected chi connectivity index (χ4v) is 7.04. The molecule has 0 aromatic heterocycles. The SMILES string of the molecule is O=C1CS[C@]2(C(=O)N(CN3CCN(Cc4ccccc4)CC3)c3ccccc32)N1c1ccc(Br)cc1. The third-order valence-corrected chi connectivity index (χ3v) is 9.12. The maximum absolute atomic E-state index is 14.2. The third-order valence-electron chi connectivity index (χ3n) is 7.20. The van der Waals surface area contributed by atoms with Gasteiger partial charge in [-0.3, -0.25) is 29.2 Å². The molecule has 0 N–H and O–H groups in total. The molecule has 3 aliphatic heterocycles. The molecule has 6 nitrogen and oxygen atoms in total. The number of fused-ring (bicyclic) bond motifs is 2. The maximum Gasteiger partial charge on any atom is 0.269 e. The average molecular weight is 564 g/mol. The van der Waals surface area contributed by atoms with Crippen LogP contribution in [-0.4, -0.2) is 60.2 Å². The van der Waals surface area contributed by atoms with Crippen LogP contribution in [-0.2, 0) is 21.0 Å². The molecule has 1 spiro atoms. The number of amides is 2. The van der Waals surface area contributed by atoms with Crippen molar-refractivity contribution < 1.29 is 9.59 Å². The Morgan fingerprint density at radius 2 is 1.47 bits per heavy atom. The number of rotatable bonds is 5. The van der Waals surface area contributed by atoms with E-state index in [1.165, 1.54) is 17.3 Å². The number of para-hydroxylation sites is 1. The quantitative estimate of drug-likeness (QED) is 0.458. The number of hydrogen-bond acceptors (Lipinski definition) is 5. The van der Waals surface area contributed by atoms with Crippen molar-refractivity contribution in [1.29, 1.82) is 0 Å². The summed E-state index contributed by atoms with van der Waals surface area (Å²) in [6.07, 6.45) is 0. The number of piperazine rings is 1. The lowest BCUT2D eigenvalue weighted by Crippen LogP contribution is -2.54. The van der Waals surface area contributed by atoms with Gasteiger partial charge >= 0.3 is 0 Å². The predicted molar refractivity (Wildman–Crippen MR) is 148 cm³/mol. The van der Waals surface area contributed by atoms with E-state index in [-0.39, 0.29) is 17.6 Å². The summed E-state index contributed by atoms with van der Waals surface area (Å²) >= 11 is 4.91. The number of nitrogens with zero attached hydrogens (tertiary/aromatic N) is 4. The minimum Gasteiger partial charge on any atom is -0.297 e. The van der Waals surface area contributed by atoms with Crippen molar-refractivity contribution in [2.75, 3.05) is 48.4 Å². The van der Waals surface area contributed by atoms with E-state index < -0.39 is 4.87 Å². The van der Waals surface area contributed by atoms with Crippen molar-refractivity contribution in [2.24, 2.45) is 0 Å². The molecule has 36 heavy (non-hydrogen) atoms. The second kappa shape index (κ2) is 9.67. The number of anilines is 2. The first kappa shape index (κ1) is 23.7. The van der Waals surface area contributed by atoms with Gasteiger partial charge in [-0.2, -0.15) is 0 Å². The first-order valence-corrected chi connectivity index (χ1v) is 14.0. The Labute approximate surface area is 224 Å². The van der Waals surface area contributed by atoms with Crippen molar-refractivity contribution in [2.45, 2.75) is 11.4 Å². The fourth-order valence-electron chi connectivity index (χ4n) is 5.42. The lowest BCUT2D eigenvalue weighted by atomic mass is 10.0. The van der Waals surface area contributed by atoms with E-state index in [2.05, 4.69) is 50.0 Å². The second-order valence-electron chi connectivity index (χ2n) is 9.41. The van der Waals surface area contributed by atoms with E-state index in [0.29, 0.717) is 6.67 Å². The smallest absolute Gasteiger partial charge is 0.269 e. The molecule has 8 heteroatoms. The van der Waals surface area contributed by atoms with Crippen molar-refractivity contribution in [1.82, 2.24) is 9.80 Å². The van der Waals surface area contributed by atoms with Crippen molar-refractivity contribution in [3.8, 4) is 0 Å². The van der Waals surface area contributed by atoms with E-state index in [4.69, 9.17) is 0 Å². The van der Waals surface area contributed by atoms with Crippen molar-refractivity contribution in [3.05, 3.63) is 94.5 Å². The van der Waals surface area contributed by atoms with Crippen molar-refractivity contribution >= 4 is 50.9 Å². The molecule has 3 aromatic carbocycles. The molecule has 2 fully saturated rings. The van der Waals surface area contributed by atoms with Crippen LogP contribution in [0.5, 0.6) is 0 Å². The molecule has 0 unspecified atom stereocenters. The second-order valence-corrected chi connectivity index (χ2v) is 11.5. The van der Waals surface area contributed by atoms with Gasteiger partial charge in [-0.15, -0.1) is 11.8 Å². The summed E-state index contributed by atoms with van der Waals surface area (Å²) in [5.74, 6) is 0.207. The van der Waals surface area contributed by atoms with Gasteiger partial charge in [0.05, 0.1) is 18.1 Å². The van der Waals surface area contributed by atoms with E-state index >= 15 is 0 Å². The molecule has 0 aliphatic carbocycles. The molecule has 1 atom stereocenters. The van der Waals surface area contributed by atoms with Gasteiger partial charge in [0.2, 0.25) is 10.8 Å². The lowest BCUT2D eigenvalue weighted by Gasteiger charge is -2.37. The zero-order valence-electron chi connectivity index (χ0n) is 19.8. The minimum absolute atomic E-state index is 0.0332. The molecule has 0 saturated carbocycles. The third kappa shape index (κ3) is 4.06. The molecule has 2 amide bonds. The summed E-state index contributed by atoms with van der Waals surface area (Å²) in [6.45, 7) is 5.19. The summed E-state index contributed by atoms with van der Waals surface area (Å²) in [5, 5.41) is 0. The Morgan fingerprint density at radius 3 is 2.22 bits per heavy atom. The monoisotopic (exact) mass is 562 g/mol. The van der Waals surface area contributed by atoms with Crippen LogP contribution in [0.4, 0.5) is 11.4 Å². The summed E-state index contributed by atoms with van der Waals surface area (Å²) in [6, 6.07) is 26.1. The normalized spacial score (nSPS) is 22.6. The van der Waals surface area contributed by atoms with Gasteiger partial charge in [0.25, 0.3) is 5.91 Å². The van der Waals surface area contributed by atoms with Gasteiger partial charge < -0.3 is 0 Å². The fraction of sp³-hybridized carbons (Fsp3) is 0.286. The average Bonchev–Trinajstić information content (AvgIpc) is 3.37. The van der Waals surface area contributed by atoms with Crippen LogP contribution in [0.1, 0.15) is 11.1 Å². The molecule has 0 radical (unpaired) electrons. The summed E-state index contributed by atoms with van der Waals surface area (Å²) in [4.78, 5) is 34.7. The zero-order valence-corrected chi connectivity index (χ0v) is 22.2. The molecule has 3 aliphatic rings. The number of carbonyl (C=O) groups excluding carboxylic acids is 2. The zero-order chi connectivity index (χ0) is 24.7. The Bertz CT molecular complexity index is 1280. The van der Waals surface area contributed by atoms with Gasteiger partial charge in [-0.05, 0) is 35.9 Å². The molecule has 3 aromatic rings. The van der Waals surface area contributed by atoms with Gasteiger partial charge in [0.15, 0.2) is 0 Å². The largest absolute Gasteiger partial charge is 0.297 e. The topological polar surface area (TPSA) is 47.1 Å². The highest BCUT2D eigenvalue weighted by molar-refractivity contribution is 9.10. The van der Waals surface area contributed by atoms with Crippen LogP contribution >= 0.6 is 27.7 Å². The summed E-state index contributed by atoms with van der Waals surface area (Å²) in [7, 11) is 0. The highest BCUT2D eigenvalue weighted by Gasteiger charge is 2.61. The van der Waals surface area contributed by atoms with Crippen molar-refractivity contribution in [3.63, 3.8) is 0 Å². The standard InChI is InChI=1S/C28H27BrN4O2S/c29-22-10-12-23(13-11-22)33-26(34)19-36-28(33)24-8-4-5-9-25(24)32(27(28)35)20-31-16-14-30(15-17-31)18-21-6-2-1-3-7-21/h1-13H,14-20H2/t28-/m1/s1. The maximum atomic E-state index is 14.2. The van der Waals surface area contributed by atoms with E-state index in [1.54, 1.807) is 4.90 Å². The van der Waals surface area contributed by atoms with E-state index in [1.807, 2.05) is 59.5 Å². The van der Waals surface area contributed by atoms with Crippen LogP contribution in [0.25, 0.3) is 0 Å². The van der Waals surface area contributed by atoms with E-state index in [0.717, 1.165) is 54.1 Å². The molecular weight excluding hydrogens is 536 g/mol.